The molecule has 1 atom stereocenters. The van der Waals surface area contributed by atoms with Crippen LogP contribution >= 0.6 is 35.3 Å². The number of benzene rings is 1. The molecule has 3 amide bonds. The molecule has 4 rings (SSSR count). The van der Waals surface area contributed by atoms with Gasteiger partial charge < -0.3 is 0 Å². The number of amides is 3. The summed E-state index contributed by atoms with van der Waals surface area (Å²) in [4.78, 5) is 41.6. The van der Waals surface area contributed by atoms with Gasteiger partial charge in [0.15, 0.2) is 0 Å². The molecule has 0 saturated carbocycles. The van der Waals surface area contributed by atoms with Gasteiger partial charge in [0.2, 0.25) is 15.9 Å². The Bertz CT molecular complexity index is 1200. The number of sulfonamides is 1. The molecule has 2 saturated heterocycles. The highest BCUT2D eigenvalue weighted by Gasteiger charge is 2.48. The van der Waals surface area contributed by atoms with Gasteiger partial charge in [-0.3, -0.25) is 19.3 Å². The third-order valence-electron chi connectivity index (χ3n) is 4.50. The average molecular weight is 480 g/mol. The van der Waals surface area contributed by atoms with Crippen molar-refractivity contribution >= 4 is 79.1 Å². The number of thioether (sulfide) groups is 1. The molecule has 2 aromatic rings. The summed E-state index contributed by atoms with van der Waals surface area (Å²) in [5.74, 6) is -1.53. The van der Waals surface area contributed by atoms with E-state index in [0.29, 0.717) is 4.91 Å². The fourth-order valence-electron chi connectivity index (χ4n) is 3.12. The van der Waals surface area contributed by atoms with Crippen LogP contribution in [-0.4, -0.2) is 41.4 Å². The largest absolute Gasteiger partial charge is 0.280 e. The van der Waals surface area contributed by atoms with E-state index in [1.54, 1.807) is 6.08 Å². The maximum Gasteiger partial charge on any atom is 0.266 e. The summed E-state index contributed by atoms with van der Waals surface area (Å²) in [5.41, 5.74) is 0.194. The van der Waals surface area contributed by atoms with Crippen LogP contribution in [0.3, 0.4) is 0 Å². The van der Waals surface area contributed by atoms with Crippen LogP contribution in [-0.2, 0) is 24.4 Å². The number of hydrogen-bond acceptors (Lipinski definition) is 8. The molecule has 12 heteroatoms. The first-order valence-electron chi connectivity index (χ1n) is 8.47. The van der Waals surface area contributed by atoms with Crippen LogP contribution in [0.2, 0.25) is 0 Å². The van der Waals surface area contributed by atoms with E-state index in [4.69, 9.17) is 17.4 Å². The van der Waals surface area contributed by atoms with E-state index >= 15 is 0 Å². The summed E-state index contributed by atoms with van der Waals surface area (Å²) >= 11 is 7.85. The van der Waals surface area contributed by atoms with Crippen molar-refractivity contribution in [3.63, 3.8) is 0 Å². The lowest BCUT2D eigenvalue weighted by Crippen LogP contribution is -2.44. The van der Waals surface area contributed by atoms with Crippen molar-refractivity contribution in [3.8, 4) is 0 Å². The fraction of sp³-hybridized carbons (Fsp3) is 0.111. The molecule has 1 aromatic heterocycles. The quantitative estimate of drug-likeness (QED) is 0.404. The first-order valence-corrected chi connectivity index (χ1v) is 12.1. The molecule has 8 nitrogen and oxygen atoms in total. The molecular weight excluding hydrogens is 466 g/mol. The summed E-state index contributed by atoms with van der Waals surface area (Å²) in [6.07, 6.45) is 1.49. The Morgan fingerprint density at radius 3 is 2.43 bits per heavy atom. The Labute approximate surface area is 185 Å². The standard InChI is InChI=1S/C18H13N3O5S4/c19-30(25,26)12-5-3-10(4-6-12)20-15(22)9-13(16(20)23)21-17(24)14(29-18(21)27)8-11-2-1-7-28-11/h1-8,13H,9H2,(H2,19,25,26)/b14-8-/t13-/m1/s1. The minimum absolute atomic E-state index is 0.141. The summed E-state index contributed by atoms with van der Waals surface area (Å²) in [5, 5.41) is 6.95. The topological polar surface area (TPSA) is 118 Å². The number of thiophene rings is 1. The highest BCUT2D eigenvalue weighted by molar-refractivity contribution is 8.26. The summed E-state index contributed by atoms with van der Waals surface area (Å²) in [7, 11) is -3.90. The second-order valence-corrected chi connectivity index (χ2v) is 10.6. The molecule has 0 aliphatic carbocycles. The van der Waals surface area contributed by atoms with E-state index in [9.17, 15) is 22.8 Å². The molecule has 1 aromatic carbocycles. The van der Waals surface area contributed by atoms with Gasteiger partial charge in [-0.2, -0.15) is 0 Å². The van der Waals surface area contributed by atoms with Crippen LogP contribution in [0.15, 0.2) is 51.6 Å². The highest BCUT2D eigenvalue weighted by atomic mass is 32.2. The van der Waals surface area contributed by atoms with Crippen LogP contribution in [0.1, 0.15) is 11.3 Å². The minimum Gasteiger partial charge on any atom is -0.280 e. The van der Waals surface area contributed by atoms with E-state index in [1.807, 2.05) is 17.5 Å². The van der Waals surface area contributed by atoms with Gasteiger partial charge in [-0.15, -0.1) is 11.3 Å². The number of imide groups is 1. The second-order valence-electron chi connectivity index (χ2n) is 6.39. The van der Waals surface area contributed by atoms with Gasteiger partial charge in [0, 0.05) is 4.88 Å². The van der Waals surface area contributed by atoms with E-state index in [0.717, 1.165) is 21.5 Å². The number of primary sulfonamides is 1. The number of hydrogen-bond donors (Lipinski definition) is 1. The Morgan fingerprint density at radius 1 is 1.13 bits per heavy atom. The average Bonchev–Trinajstić information content (AvgIpc) is 3.35. The van der Waals surface area contributed by atoms with E-state index in [2.05, 4.69) is 0 Å². The van der Waals surface area contributed by atoms with Gasteiger partial charge in [-0.05, 0) is 41.8 Å². The zero-order valence-electron chi connectivity index (χ0n) is 15.0. The van der Waals surface area contributed by atoms with Gasteiger partial charge in [0.1, 0.15) is 10.4 Å². The Hall–Kier alpha value is -2.38. The maximum atomic E-state index is 13.0. The van der Waals surface area contributed by atoms with Crippen molar-refractivity contribution in [1.82, 2.24) is 4.90 Å². The smallest absolute Gasteiger partial charge is 0.266 e. The molecule has 0 spiro atoms. The zero-order chi connectivity index (χ0) is 21.6. The Kier molecular flexibility index (Phi) is 5.36. The van der Waals surface area contributed by atoms with E-state index in [1.165, 1.54) is 40.5 Å². The van der Waals surface area contributed by atoms with Crippen molar-refractivity contribution < 1.29 is 22.8 Å². The Morgan fingerprint density at radius 2 is 1.83 bits per heavy atom. The summed E-state index contributed by atoms with van der Waals surface area (Å²) in [6, 6.07) is 7.73. The Balaban J connectivity index is 1.60. The van der Waals surface area contributed by atoms with Crippen molar-refractivity contribution in [2.24, 2.45) is 5.14 Å². The molecule has 2 N–H and O–H groups in total. The van der Waals surface area contributed by atoms with Crippen molar-refractivity contribution in [2.75, 3.05) is 4.90 Å². The number of anilines is 1. The number of carbonyl (C=O) groups is 3. The second kappa shape index (κ2) is 7.71. The monoisotopic (exact) mass is 479 g/mol. The molecule has 2 fully saturated rings. The first kappa shape index (κ1) is 20.9. The van der Waals surface area contributed by atoms with Gasteiger partial charge in [-0.1, -0.05) is 30.0 Å². The highest BCUT2D eigenvalue weighted by Crippen LogP contribution is 2.37. The maximum absolute atomic E-state index is 13.0. The van der Waals surface area contributed by atoms with E-state index in [-0.39, 0.29) is 21.3 Å². The first-order chi connectivity index (χ1) is 14.2. The van der Waals surface area contributed by atoms with Crippen molar-refractivity contribution in [1.29, 1.82) is 0 Å². The fourth-order valence-corrected chi connectivity index (χ4v) is 5.72. The normalized spacial score (nSPS) is 21.4. The molecular formula is C18H13N3O5S4. The van der Waals surface area contributed by atoms with Crippen LogP contribution in [0, 0.1) is 0 Å². The van der Waals surface area contributed by atoms with Gasteiger partial charge in [-0.25, -0.2) is 18.5 Å². The molecule has 3 heterocycles. The number of nitrogens with zero attached hydrogens (tertiary/aromatic N) is 2. The summed E-state index contributed by atoms with van der Waals surface area (Å²) in [6.45, 7) is 0. The zero-order valence-corrected chi connectivity index (χ0v) is 18.3. The predicted octanol–water partition coefficient (Wildman–Crippen LogP) is 1.93. The third-order valence-corrected chi connectivity index (χ3v) is 7.58. The molecule has 0 radical (unpaired) electrons. The van der Waals surface area contributed by atoms with Crippen LogP contribution in [0.4, 0.5) is 5.69 Å². The molecule has 0 bridgehead atoms. The number of nitrogens with two attached hydrogens (primary N) is 1. The molecule has 2 aliphatic heterocycles. The number of carbonyl (C=O) groups excluding carboxylic acids is 3. The van der Waals surface area contributed by atoms with Gasteiger partial charge in [0.25, 0.3) is 11.8 Å². The summed E-state index contributed by atoms with van der Waals surface area (Å²) < 4.78 is 23.0. The van der Waals surface area contributed by atoms with Gasteiger partial charge in [0.05, 0.1) is 21.9 Å². The van der Waals surface area contributed by atoms with Crippen molar-refractivity contribution in [2.45, 2.75) is 17.4 Å². The van der Waals surface area contributed by atoms with Crippen LogP contribution in [0.25, 0.3) is 6.08 Å². The molecule has 2 aliphatic rings. The SMILES string of the molecule is NS(=O)(=O)c1ccc(N2C(=O)C[C@@H](N3C(=O)/C(=C/c4cccs4)SC3=S)C2=O)cc1. The van der Waals surface area contributed by atoms with Crippen LogP contribution in [0.5, 0.6) is 0 Å². The van der Waals surface area contributed by atoms with Crippen LogP contribution < -0.4 is 10.0 Å². The number of thiocarbonyl (C=S) groups is 1. The lowest BCUT2D eigenvalue weighted by molar-refractivity contribution is -0.129. The molecule has 0 unspecified atom stereocenters. The third kappa shape index (κ3) is 3.72. The predicted molar refractivity (Wildman–Crippen MR) is 118 cm³/mol. The molecule has 30 heavy (non-hydrogen) atoms. The lowest BCUT2D eigenvalue weighted by Gasteiger charge is -2.21. The molecule has 154 valence electrons. The lowest BCUT2D eigenvalue weighted by atomic mass is 10.2. The van der Waals surface area contributed by atoms with Crippen molar-refractivity contribution in [3.05, 3.63) is 51.6 Å². The van der Waals surface area contributed by atoms with E-state index < -0.39 is 33.8 Å². The number of rotatable bonds is 4. The minimum atomic E-state index is -3.90. The van der Waals surface area contributed by atoms with Gasteiger partial charge >= 0.3 is 0 Å².